The van der Waals surface area contributed by atoms with Crippen LogP contribution in [0.5, 0.6) is 5.75 Å². The SMILES string of the molecule is COc1cccc(-c2ccccc2P(=O)(O)c2ccccc2)c1. The van der Waals surface area contributed by atoms with Crippen molar-refractivity contribution >= 4 is 18.0 Å². The quantitative estimate of drug-likeness (QED) is 0.746. The average Bonchev–Trinajstić information content (AvgIpc) is 2.62. The maximum absolute atomic E-state index is 13.1. The van der Waals surface area contributed by atoms with Gasteiger partial charge in [-0.25, -0.2) is 0 Å². The molecule has 0 aliphatic carbocycles. The molecule has 0 amide bonds. The van der Waals surface area contributed by atoms with Crippen molar-refractivity contribution in [3.8, 4) is 16.9 Å². The zero-order chi connectivity index (χ0) is 16.3. The third-order valence-corrected chi connectivity index (χ3v) is 5.76. The van der Waals surface area contributed by atoms with Gasteiger partial charge in [-0.2, -0.15) is 0 Å². The van der Waals surface area contributed by atoms with E-state index in [-0.39, 0.29) is 0 Å². The second-order valence-electron chi connectivity index (χ2n) is 5.16. The van der Waals surface area contributed by atoms with E-state index in [9.17, 15) is 9.46 Å². The molecule has 0 saturated carbocycles. The lowest BCUT2D eigenvalue weighted by Gasteiger charge is -2.17. The van der Waals surface area contributed by atoms with Gasteiger partial charge in [0.15, 0.2) is 0 Å². The van der Waals surface area contributed by atoms with Gasteiger partial charge in [0.05, 0.1) is 7.11 Å². The molecule has 1 N–H and O–H groups in total. The molecule has 0 aliphatic rings. The maximum Gasteiger partial charge on any atom is 0.259 e. The van der Waals surface area contributed by atoms with Crippen LogP contribution in [0.3, 0.4) is 0 Å². The fourth-order valence-corrected chi connectivity index (χ4v) is 4.21. The summed E-state index contributed by atoms with van der Waals surface area (Å²) >= 11 is 0. The Morgan fingerprint density at radius 3 is 2.30 bits per heavy atom. The minimum Gasteiger partial charge on any atom is -0.497 e. The van der Waals surface area contributed by atoms with E-state index >= 15 is 0 Å². The summed E-state index contributed by atoms with van der Waals surface area (Å²) in [6, 6.07) is 23.4. The first-order valence-corrected chi connectivity index (χ1v) is 8.91. The fourth-order valence-electron chi connectivity index (χ4n) is 2.54. The van der Waals surface area contributed by atoms with Crippen LogP contribution in [0.2, 0.25) is 0 Å². The summed E-state index contributed by atoms with van der Waals surface area (Å²) < 4.78 is 18.3. The van der Waals surface area contributed by atoms with Crippen molar-refractivity contribution in [1.82, 2.24) is 0 Å². The van der Waals surface area contributed by atoms with Crippen LogP contribution in [0.25, 0.3) is 11.1 Å². The van der Waals surface area contributed by atoms with E-state index < -0.39 is 7.37 Å². The number of hydrogen-bond acceptors (Lipinski definition) is 2. The van der Waals surface area contributed by atoms with Crippen molar-refractivity contribution in [2.24, 2.45) is 0 Å². The van der Waals surface area contributed by atoms with E-state index in [1.165, 1.54) is 0 Å². The Kier molecular flexibility index (Phi) is 4.33. The molecular weight excluding hydrogens is 307 g/mol. The highest BCUT2D eigenvalue weighted by Crippen LogP contribution is 2.41. The predicted molar refractivity (Wildman–Crippen MR) is 94.0 cm³/mol. The van der Waals surface area contributed by atoms with Crippen molar-refractivity contribution in [2.45, 2.75) is 0 Å². The third kappa shape index (κ3) is 3.07. The zero-order valence-electron chi connectivity index (χ0n) is 12.7. The molecule has 0 radical (unpaired) electrons. The smallest absolute Gasteiger partial charge is 0.259 e. The molecule has 0 fully saturated rings. The molecule has 0 saturated heterocycles. The molecule has 3 aromatic rings. The normalized spacial score (nSPS) is 13.3. The molecule has 3 aromatic carbocycles. The highest BCUT2D eigenvalue weighted by Gasteiger charge is 2.27. The maximum atomic E-state index is 13.1. The van der Waals surface area contributed by atoms with Crippen LogP contribution in [0.4, 0.5) is 0 Å². The first-order chi connectivity index (χ1) is 11.1. The molecule has 0 aliphatic heterocycles. The van der Waals surface area contributed by atoms with Crippen LogP contribution in [0.1, 0.15) is 0 Å². The van der Waals surface area contributed by atoms with E-state index in [2.05, 4.69) is 0 Å². The first kappa shape index (κ1) is 15.5. The topological polar surface area (TPSA) is 46.5 Å². The molecule has 3 nitrogen and oxygen atoms in total. The average molecular weight is 324 g/mol. The van der Waals surface area contributed by atoms with Gasteiger partial charge < -0.3 is 9.63 Å². The van der Waals surface area contributed by atoms with Gasteiger partial charge in [0, 0.05) is 10.6 Å². The lowest BCUT2D eigenvalue weighted by Crippen LogP contribution is -2.17. The first-order valence-electron chi connectivity index (χ1n) is 7.25. The van der Waals surface area contributed by atoms with Gasteiger partial charge >= 0.3 is 0 Å². The molecule has 23 heavy (non-hydrogen) atoms. The van der Waals surface area contributed by atoms with E-state index in [0.29, 0.717) is 16.4 Å². The van der Waals surface area contributed by atoms with Crippen molar-refractivity contribution in [3.05, 3.63) is 78.9 Å². The summed E-state index contributed by atoms with van der Waals surface area (Å²) in [6.45, 7) is 0. The zero-order valence-corrected chi connectivity index (χ0v) is 13.6. The van der Waals surface area contributed by atoms with Gasteiger partial charge in [-0.05, 0) is 41.5 Å². The standard InChI is InChI=1S/C19H17O3P/c1-22-16-9-7-8-15(14-16)18-12-5-6-13-19(18)23(20,21)17-10-3-2-4-11-17/h2-14H,1H3,(H,20,21). The van der Waals surface area contributed by atoms with Crippen molar-refractivity contribution in [1.29, 1.82) is 0 Å². The second-order valence-corrected chi connectivity index (χ2v) is 7.31. The third-order valence-electron chi connectivity index (χ3n) is 3.72. The fraction of sp³-hybridized carbons (Fsp3) is 0.0526. The van der Waals surface area contributed by atoms with E-state index in [4.69, 9.17) is 4.74 Å². The Balaban J connectivity index is 2.17. The van der Waals surface area contributed by atoms with E-state index in [1.54, 1.807) is 43.5 Å². The molecule has 3 rings (SSSR count). The Bertz CT molecular complexity index is 859. The highest BCUT2D eigenvalue weighted by atomic mass is 31.2. The minimum atomic E-state index is -3.66. The van der Waals surface area contributed by atoms with Crippen LogP contribution >= 0.6 is 7.37 Å². The number of hydrogen-bond donors (Lipinski definition) is 1. The number of rotatable bonds is 4. The van der Waals surface area contributed by atoms with Gasteiger partial charge in [0.2, 0.25) is 0 Å². The molecule has 0 aromatic heterocycles. The summed E-state index contributed by atoms with van der Waals surface area (Å²) in [5, 5.41) is 0.856. The van der Waals surface area contributed by atoms with Crippen LogP contribution in [-0.4, -0.2) is 12.0 Å². The Morgan fingerprint density at radius 1 is 0.870 bits per heavy atom. The van der Waals surface area contributed by atoms with Crippen molar-refractivity contribution in [3.63, 3.8) is 0 Å². The largest absolute Gasteiger partial charge is 0.497 e. The summed E-state index contributed by atoms with van der Waals surface area (Å²) in [4.78, 5) is 10.8. The molecule has 0 spiro atoms. The molecule has 116 valence electrons. The van der Waals surface area contributed by atoms with E-state index in [0.717, 1.165) is 11.1 Å². The number of ether oxygens (including phenoxy) is 1. The Hall–Kier alpha value is -2.35. The van der Waals surface area contributed by atoms with Crippen LogP contribution in [0.15, 0.2) is 78.9 Å². The number of benzene rings is 3. The Labute approximate surface area is 135 Å². The molecule has 0 heterocycles. The second kappa shape index (κ2) is 6.41. The van der Waals surface area contributed by atoms with Crippen LogP contribution < -0.4 is 15.3 Å². The Morgan fingerprint density at radius 2 is 1.57 bits per heavy atom. The predicted octanol–water partition coefficient (Wildman–Crippen LogP) is 3.58. The van der Waals surface area contributed by atoms with Gasteiger partial charge in [0.25, 0.3) is 7.37 Å². The molecule has 4 heteroatoms. The van der Waals surface area contributed by atoms with Crippen molar-refractivity contribution in [2.75, 3.05) is 7.11 Å². The van der Waals surface area contributed by atoms with Gasteiger partial charge in [-0.3, -0.25) is 4.57 Å². The lowest BCUT2D eigenvalue weighted by molar-refractivity contribution is 0.415. The van der Waals surface area contributed by atoms with E-state index in [1.807, 2.05) is 42.5 Å². The number of methoxy groups -OCH3 is 1. The summed E-state index contributed by atoms with van der Waals surface area (Å²) in [7, 11) is -2.06. The summed E-state index contributed by atoms with van der Waals surface area (Å²) in [5.74, 6) is 0.713. The van der Waals surface area contributed by atoms with Gasteiger partial charge in [0.1, 0.15) is 5.75 Å². The molecular formula is C19H17O3P. The molecule has 1 atom stereocenters. The van der Waals surface area contributed by atoms with Crippen LogP contribution in [-0.2, 0) is 4.57 Å². The van der Waals surface area contributed by atoms with Crippen LogP contribution in [0, 0.1) is 0 Å². The van der Waals surface area contributed by atoms with Crippen molar-refractivity contribution < 1.29 is 14.2 Å². The monoisotopic (exact) mass is 324 g/mol. The lowest BCUT2D eigenvalue weighted by atomic mass is 10.1. The molecule has 0 bridgehead atoms. The van der Waals surface area contributed by atoms with Gasteiger partial charge in [-0.15, -0.1) is 0 Å². The summed E-state index contributed by atoms with van der Waals surface area (Å²) in [6.07, 6.45) is 0. The minimum absolute atomic E-state index is 0.426. The van der Waals surface area contributed by atoms with Gasteiger partial charge in [-0.1, -0.05) is 48.5 Å². The molecule has 1 unspecified atom stereocenters. The highest BCUT2D eigenvalue weighted by molar-refractivity contribution is 7.73. The summed E-state index contributed by atoms with van der Waals surface area (Å²) in [5.41, 5.74) is 1.59.